The highest BCUT2D eigenvalue weighted by Crippen LogP contribution is 2.33. The molecule has 0 bridgehead atoms. The van der Waals surface area contributed by atoms with E-state index in [2.05, 4.69) is 31.7 Å². The van der Waals surface area contributed by atoms with Crippen LogP contribution in [0.2, 0.25) is 12.6 Å². The monoisotopic (exact) mass is 351 g/mol. The van der Waals surface area contributed by atoms with Crippen molar-refractivity contribution < 1.29 is 8.85 Å². The van der Waals surface area contributed by atoms with E-state index in [1.165, 1.54) is 44.3 Å². The second-order valence-electron chi connectivity index (χ2n) is 5.84. The molecule has 0 N–H and O–H groups in total. The fourth-order valence-corrected chi connectivity index (χ4v) is 7.82. The summed E-state index contributed by atoms with van der Waals surface area (Å²) in [6.07, 6.45) is 8.20. The van der Waals surface area contributed by atoms with E-state index in [0.29, 0.717) is 0 Å². The first kappa shape index (κ1) is 19.8. The Bertz CT molecular complexity index is 260. The average Bonchev–Trinajstić information content (AvgIpc) is 2.48. The molecular weight excluding hydrogens is 318 g/mol. The molecule has 0 heterocycles. The summed E-state index contributed by atoms with van der Waals surface area (Å²) >= 11 is 0. The maximum absolute atomic E-state index is 5.88. The number of nitrogens with zero attached hydrogens (tertiary/aromatic N) is 1. The van der Waals surface area contributed by atoms with Crippen molar-refractivity contribution in [2.45, 2.75) is 71.0 Å². The Morgan fingerprint density at radius 1 is 1.10 bits per heavy atom. The van der Waals surface area contributed by atoms with Gasteiger partial charge in [0.2, 0.25) is 0 Å². The average molecular weight is 352 g/mol. The Morgan fingerprint density at radius 3 is 2.29 bits per heavy atom. The fraction of sp³-hybridized carbons (Fsp3) is 1.00. The Morgan fingerprint density at radius 2 is 1.71 bits per heavy atom. The van der Waals surface area contributed by atoms with Gasteiger partial charge in [0, 0.05) is 25.0 Å². The van der Waals surface area contributed by atoms with E-state index in [-0.39, 0.29) is 0 Å². The van der Waals surface area contributed by atoms with E-state index >= 15 is 0 Å². The molecule has 0 spiro atoms. The zero-order chi connectivity index (χ0) is 15.6. The zero-order valence-corrected chi connectivity index (χ0v) is 16.9. The third kappa shape index (κ3) is 8.28. The molecule has 1 aliphatic carbocycles. The lowest BCUT2D eigenvalue weighted by Crippen LogP contribution is -2.38. The van der Waals surface area contributed by atoms with E-state index in [1.54, 1.807) is 0 Å². The van der Waals surface area contributed by atoms with Crippen molar-refractivity contribution in [3.05, 3.63) is 0 Å². The third-order valence-corrected chi connectivity index (χ3v) is 9.69. The molecule has 126 valence electrons. The normalized spacial score (nSPS) is 17.6. The molecule has 3 nitrogen and oxygen atoms in total. The maximum Gasteiger partial charge on any atom is 0.334 e. The summed E-state index contributed by atoms with van der Waals surface area (Å²) in [5.74, 6) is 1.18. The topological polar surface area (TPSA) is 21.7 Å². The zero-order valence-electron chi connectivity index (χ0n) is 14.2. The summed E-state index contributed by atoms with van der Waals surface area (Å²) < 4.78 is 14.2. The second-order valence-corrected chi connectivity index (χ2v) is 11.7. The van der Waals surface area contributed by atoms with Gasteiger partial charge in [-0.15, -0.1) is 0 Å². The highest BCUT2D eigenvalue weighted by Gasteiger charge is 2.29. The lowest BCUT2D eigenvalue weighted by atomic mass is 9.96. The molecule has 0 aliphatic heterocycles. The van der Waals surface area contributed by atoms with Crippen molar-refractivity contribution in [2.24, 2.45) is 0 Å². The van der Waals surface area contributed by atoms with Crippen LogP contribution in [0.15, 0.2) is 0 Å². The van der Waals surface area contributed by atoms with Crippen LogP contribution in [-0.2, 0) is 8.85 Å². The van der Waals surface area contributed by atoms with Crippen LogP contribution >= 0.6 is 21.8 Å². The largest absolute Gasteiger partial charge is 0.395 e. The van der Waals surface area contributed by atoms with Gasteiger partial charge in [-0.05, 0) is 63.7 Å². The molecule has 1 fully saturated rings. The van der Waals surface area contributed by atoms with E-state index in [9.17, 15) is 0 Å². The van der Waals surface area contributed by atoms with Gasteiger partial charge < -0.3 is 8.85 Å². The molecule has 6 heteroatoms. The molecule has 0 radical (unpaired) electrons. The predicted octanol–water partition coefficient (Wildman–Crippen LogP) is 5.08. The molecule has 1 rings (SSSR count). The van der Waals surface area contributed by atoms with Gasteiger partial charge in [-0.25, -0.2) is 4.31 Å². The van der Waals surface area contributed by atoms with Crippen molar-refractivity contribution >= 4 is 30.3 Å². The van der Waals surface area contributed by atoms with Crippen LogP contribution in [0.1, 0.15) is 52.4 Å². The van der Waals surface area contributed by atoms with Crippen molar-refractivity contribution in [3.8, 4) is 0 Å². The number of rotatable bonds is 11. The van der Waals surface area contributed by atoms with Crippen molar-refractivity contribution in [1.29, 1.82) is 0 Å². The smallest absolute Gasteiger partial charge is 0.334 e. The molecule has 21 heavy (non-hydrogen) atoms. The highest BCUT2D eigenvalue weighted by atomic mass is 33.1. The summed E-state index contributed by atoms with van der Waals surface area (Å²) in [4.78, 5) is 0. The molecule has 0 aromatic carbocycles. The van der Waals surface area contributed by atoms with Gasteiger partial charge in [-0.3, -0.25) is 0 Å². The van der Waals surface area contributed by atoms with Crippen LogP contribution in [0, 0.1) is 0 Å². The summed E-state index contributed by atoms with van der Waals surface area (Å²) in [7, 11) is 4.29. The molecule has 0 unspecified atom stereocenters. The molecule has 0 aromatic heterocycles. The summed E-state index contributed by atoms with van der Waals surface area (Å²) in [6.45, 7) is 7.87. The molecule has 1 saturated carbocycles. The Labute approximate surface area is 140 Å². The third-order valence-electron chi connectivity index (χ3n) is 4.02. The minimum absolute atomic E-state index is 0.773. The Kier molecular flexibility index (Phi) is 10.7. The fourth-order valence-electron chi connectivity index (χ4n) is 2.87. The van der Waals surface area contributed by atoms with Crippen molar-refractivity contribution in [1.82, 2.24) is 4.31 Å². The Balaban J connectivity index is 2.12. The van der Waals surface area contributed by atoms with Crippen LogP contribution in [0.5, 0.6) is 0 Å². The van der Waals surface area contributed by atoms with Gasteiger partial charge in [-0.2, -0.15) is 0 Å². The van der Waals surface area contributed by atoms with Gasteiger partial charge in [0.25, 0.3) is 0 Å². The van der Waals surface area contributed by atoms with E-state index in [0.717, 1.165) is 25.3 Å². The Hall–Kier alpha value is 0.797. The van der Waals surface area contributed by atoms with Crippen LogP contribution in [0.25, 0.3) is 0 Å². The second kappa shape index (κ2) is 11.4. The molecule has 1 aliphatic rings. The first-order chi connectivity index (χ1) is 10.1. The predicted molar refractivity (Wildman–Crippen MR) is 99.0 cm³/mol. The summed E-state index contributed by atoms with van der Waals surface area (Å²) in [6, 6.07) is 1.90. The number of hydrogen-bond donors (Lipinski definition) is 0. The number of hydrogen-bond acceptors (Lipinski definition) is 5. The van der Waals surface area contributed by atoms with Crippen LogP contribution in [0.4, 0.5) is 0 Å². The van der Waals surface area contributed by atoms with Crippen LogP contribution < -0.4 is 0 Å². The molecule has 0 atom stereocenters. The van der Waals surface area contributed by atoms with E-state index in [4.69, 9.17) is 8.85 Å². The lowest BCUT2D eigenvalue weighted by Gasteiger charge is -2.29. The van der Waals surface area contributed by atoms with Gasteiger partial charge >= 0.3 is 8.56 Å². The molecular formula is C15H33NO2S2Si. The molecule has 0 saturated heterocycles. The molecule has 0 aromatic rings. The van der Waals surface area contributed by atoms with Crippen molar-refractivity contribution in [2.75, 3.05) is 26.0 Å². The minimum Gasteiger partial charge on any atom is -0.395 e. The lowest BCUT2D eigenvalue weighted by molar-refractivity contribution is 0.189. The van der Waals surface area contributed by atoms with Crippen molar-refractivity contribution in [3.63, 3.8) is 0 Å². The highest BCUT2D eigenvalue weighted by molar-refractivity contribution is 8.75. The van der Waals surface area contributed by atoms with E-state index in [1.807, 2.05) is 21.8 Å². The summed E-state index contributed by atoms with van der Waals surface area (Å²) in [5, 5.41) is 0. The first-order valence-electron chi connectivity index (χ1n) is 8.41. The quantitative estimate of drug-likeness (QED) is 0.223. The standard InChI is InChI=1S/C15H33NO2S2Si/c1-5-17-21(4,18-6-2)14-10-13-19-20-16(3)15-11-8-7-9-12-15/h15H,5-14H2,1-4H3. The van der Waals surface area contributed by atoms with Gasteiger partial charge in [0.05, 0.1) is 0 Å². The van der Waals surface area contributed by atoms with Crippen LogP contribution in [-0.4, -0.2) is 44.9 Å². The SMILES string of the molecule is CCO[Si](C)(CCCSSN(C)C1CCCCC1)OCC. The van der Waals surface area contributed by atoms with Gasteiger partial charge in [0.1, 0.15) is 0 Å². The minimum atomic E-state index is -1.90. The van der Waals surface area contributed by atoms with Gasteiger partial charge in [0.15, 0.2) is 0 Å². The van der Waals surface area contributed by atoms with Crippen LogP contribution in [0.3, 0.4) is 0 Å². The van der Waals surface area contributed by atoms with Gasteiger partial charge in [-0.1, -0.05) is 30.1 Å². The first-order valence-corrected chi connectivity index (χ1v) is 13.2. The molecule has 0 amide bonds. The maximum atomic E-state index is 5.88. The van der Waals surface area contributed by atoms with E-state index < -0.39 is 8.56 Å². The summed E-state index contributed by atoms with van der Waals surface area (Å²) in [5.41, 5.74) is 0.